The van der Waals surface area contributed by atoms with Gasteiger partial charge in [0.25, 0.3) is 0 Å². The van der Waals surface area contributed by atoms with Crippen LogP contribution in [0.2, 0.25) is 0 Å². The minimum absolute atomic E-state index is 0.0242. The fourth-order valence-corrected chi connectivity index (χ4v) is 3.15. The van der Waals surface area contributed by atoms with Crippen LogP contribution in [-0.4, -0.2) is 26.1 Å². The third kappa shape index (κ3) is 5.42. The number of hydrogen-bond acceptors (Lipinski definition) is 3. The van der Waals surface area contributed by atoms with E-state index < -0.39 is 0 Å². The number of ether oxygens (including phenoxy) is 1. The Morgan fingerprint density at radius 3 is 2.60 bits per heavy atom. The van der Waals surface area contributed by atoms with Gasteiger partial charge < -0.3 is 15.4 Å². The second-order valence-electron chi connectivity index (χ2n) is 4.70. The van der Waals surface area contributed by atoms with Gasteiger partial charge in [-0.1, -0.05) is 29.8 Å². The highest BCUT2D eigenvalue weighted by Crippen LogP contribution is 2.32. The second-order valence-corrected chi connectivity index (χ2v) is 6.47. The number of carbonyl (C=O) groups is 1. The van der Waals surface area contributed by atoms with Gasteiger partial charge in [0, 0.05) is 35.6 Å². The summed E-state index contributed by atoms with van der Waals surface area (Å²) in [5.74, 6) is 0.928. The predicted octanol–water partition coefficient (Wildman–Crippen LogP) is 3.08. The molecule has 0 aliphatic rings. The molecule has 112 valence electrons. The average Bonchev–Trinajstić information content (AvgIpc) is 2.37. The Balaban J connectivity index is 2.44. The largest absolute Gasteiger partial charge is 0.495 e. The number of rotatable bonds is 7. The van der Waals surface area contributed by atoms with E-state index in [1.54, 1.807) is 7.11 Å². The Morgan fingerprint density at radius 1 is 1.30 bits per heavy atom. The topological polar surface area (TPSA) is 50.4 Å². The van der Waals surface area contributed by atoms with Crippen molar-refractivity contribution in [3.8, 4) is 5.75 Å². The molecular weight excluding hydrogens is 388 g/mol. The Kier molecular flexibility index (Phi) is 7.55. The number of carbonyl (C=O) groups excluding carboxylic acids is 1. The van der Waals surface area contributed by atoms with Crippen LogP contribution in [0.25, 0.3) is 0 Å². The summed E-state index contributed by atoms with van der Waals surface area (Å²) in [5.41, 5.74) is 1.06. The maximum atomic E-state index is 11.4. The first-order chi connectivity index (χ1) is 9.45. The first-order valence-corrected chi connectivity index (χ1v) is 8.04. The molecule has 0 saturated heterocycles. The van der Waals surface area contributed by atoms with E-state index in [0.717, 1.165) is 20.3 Å². The van der Waals surface area contributed by atoms with E-state index in [9.17, 15) is 4.79 Å². The second kappa shape index (κ2) is 8.64. The highest BCUT2D eigenvalue weighted by Gasteiger charge is 2.09. The van der Waals surface area contributed by atoms with Crippen molar-refractivity contribution in [1.29, 1.82) is 0 Å². The van der Waals surface area contributed by atoms with Gasteiger partial charge >= 0.3 is 0 Å². The van der Waals surface area contributed by atoms with E-state index in [0.29, 0.717) is 19.6 Å². The van der Waals surface area contributed by atoms with Crippen molar-refractivity contribution in [2.75, 3.05) is 20.2 Å². The zero-order valence-electron chi connectivity index (χ0n) is 11.9. The number of methoxy groups -OCH3 is 1. The average molecular weight is 408 g/mol. The van der Waals surface area contributed by atoms with Gasteiger partial charge in [-0.05, 0) is 28.1 Å². The summed E-state index contributed by atoms with van der Waals surface area (Å²) in [7, 11) is 1.65. The van der Waals surface area contributed by atoms with Crippen molar-refractivity contribution in [2.45, 2.75) is 20.4 Å². The molecule has 1 aromatic carbocycles. The molecule has 20 heavy (non-hydrogen) atoms. The quantitative estimate of drug-likeness (QED) is 0.683. The highest BCUT2D eigenvalue weighted by atomic mass is 79.9. The monoisotopic (exact) mass is 406 g/mol. The number of nitrogens with one attached hydrogen (secondary N) is 2. The van der Waals surface area contributed by atoms with Gasteiger partial charge in [0.15, 0.2) is 0 Å². The van der Waals surface area contributed by atoms with Crippen molar-refractivity contribution in [1.82, 2.24) is 10.6 Å². The van der Waals surface area contributed by atoms with Crippen LogP contribution in [0.5, 0.6) is 5.75 Å². The first-order valence-electron chi connectivity index (χ1n) is 6.46. The molecule has 0 saturated carbocycles. The van der Waals surface area contributed by atoms with Crippen LogP contribution in [0.1, 0.15) is 19.4 Å². The van der Waals surface area contributed by atoms with E-state index >= 15 is 0 Å². The number of halogens is 2. The van der Waals surface area contributed by atoms with Crippen LogP contribution in [0.3, 0.4) is 0 Å². The number of amides is 1. The zero-order chi connectivity index (χ0) is 15.1. The molecule has 6 heteroatoms. The Bertz CT molecular complexity index is 465. The van der Waals surface area contributed by atoms with Crippen LogP contribution < -0.4 is 15.4 Å². The summed E-state index contributed by atoms with van der Waals surface area (Å²) < 4.78 is 7.29. The molecule has 0 bridgehead atoms. The SMILES string of the molecule is COc1c(Br)cc(Br)cc1CNCCNC(=O)C(C)C. The van der Waals surface area contributed by atoms with Crippen LogP contribution in [0, 0.1) is 5.92 Å². The maximum absolute atomic E-state index is 11.4. The van der Waals surface area contributed by atoms with E-state index in [1.807, 2.05) is 26.0 Å². The van der Waals surface area contributed by atoms with Crippen LogP contribution in [0.4, 0.5) is 0 Å². The van der Waals surface area contributed by atoms with Gasteiger partial charge in [0.2, 0.25) is 5.91 Å². The van der Waals surface area contributed by atoms with Gasteiger partial charge in [-0.3, -0.25) is 4.79 Å². The lowest BCUT2D eigenvalue weighted by Crippen LogP contribution is -2.34. The van der Waals surface area contributed by atoms with Crippen LogP contribution in [-0.2, 0) is 11.3 Å². The normalized spacial score (nSPS) is 10.7. The Hall–Kier alpha value is -0.590. The summed E-state index contributed by atoms with van der Waals surface area (Å²) in [6.45, 7) is 5.78. The van der Waals surface area contributed by atoms with E-state index in [1.165, 1.54) is 0 Å². The van der Waals surface area contributed by atoms with Gasteiger partial charge in [0.1, 0.15) is 5.75 Å². The Morgan fingerprint density at radius 2 is 2.00 bits per heavy atom. The molecule has 0 aliphatic heterocycles. The predicted molar refractivity (Wildman–Crippen MR) is 87.9 cm³/mol. The van der Waals surface area contributed by atoms with E-state index in [2.05, 4.69) is 42.5 Å². The number of hydrogen-bond donors (Lipinski definition) is 2. The van der Waals surface area contributed by atoms with Crippen molar-refractivity contribution in [3.05, 3.63) is 26.6 Å². The third-order valence-corrected chi connectivity index (χ3v) is 3.78. The van der Waals surface area contributed by atoms with Crippen molar-refractivity contribution in [3.63, 3.8) is 0 Å². The summed E-state index contributed by atoms with van der Waals surface area (Å²) in [6, 6.07) is 3.97. The molecule has 0 fully saturated rings. The fourth-order valence-electron chi connectivity index (χ4n) is 1.67. The lowest BCUT2D eigenvalue weighted by Gasteiger charge is -2.13. The lowest BCUT2D eigenvalue weighted by molar-refractivity contribution is -0.123. The fraction of sp³-hybridized carbons (Fsp3) is 0.500. The van der Waals surface area contributed by atoms with Gasteiger partial charge in [0.05, 0.1) is 11.6 Å². The van der Waals surface area contributed by atoms with Crippen LogP contribution in [0.15, 0.2) is 21.1 Å². The van der Waals surface area contributed by atoms with Crippen LogP contribution >= 0.6 is 31.9 Å². The minimum Gasteiger partial charge on any atom is -0.495 e. The standard InChI is InChI=1S/C14H20Br2N2O2/c1-9(2)14(19)18-5-4-17-8-10-6-11(15)7-12(16)13(10)20-3/h6-7,9,17H,4-5,8H2,1-3H3,(H,18,19). The molecule has 4 nitrogen and oxygen atoms in total. The minimum atomic E-state index is 0.0242. The maximum Gasteiger partial charge on any atom is 0.222 e. The Labute approximate surface area is 136 Å². The summed E-state index contributed by atoms with van der Waals surface area (Å²) in [4.78, 5) is 11.4. The van der Waals surface area contributed by atoms with Crippen molar-refractivity contribution >= 4 is 37.8 Å². The highest BCUT2D eigenvalue weighted by molar-refractivity contribution is 9.11. The molecule has 1 amide bonds. The summed E-state index contributed by atoms with van der Waals surface area (Å²) in [6.07, 6.45) is 0. The van der Waals surface area contributed by atoms with Gasteiger partial charge in [-0.2, -0.15) is 0 Å². The van der Waals surface area contributed by atoms with E-state index in [-0.39, 0.29) is 11.8 Å². The summed E-state index contributed by atoms with van der Waals surface area (Å²) >= 11 is 6.94. The molecular formula is C14H20Br2N2O2. The lowest BCUT2D eigenvalue weighted by atomic mass is 10.2. The van der Waals surface area contributed by atoms with Gasteiger partial charge in [-0.25, -0.2) is 0 Å². The number of benzene rings is 1. The third-order valence-electron chi connectivity index (χ3n) is 2.73. The molecule has 1 rings (SSSR count). The van der Waals surface area contributed by atoms with Gasteiger partial charge in [-0.15, -0.1) is 0 Å². The molecule has 0 spiro atoms. The van der Waals surface area contributed by atoms with E-state index in [4.69, 9.17) is 4.74 Å². The molecule has 0 aliphatic carbocycles. The zero-order valence-corrected chi connectivity index (χ0v) is 15.1. The molecule has 1 aromatic rings. The molecule has 0 atom stereocenters. The molecule has 0 unspecified atom stereocenters. The van der Waals surface area contributed by atoms with Crippen molar-refractivity contribution < 1.29 is 9.53 Å². The smallest absolute Gasteiger partial charge is 0.222 e. The first kappa shape index (κ1) is 17.5. The summed E-state index contributed by atoms with van der Waals surface area (Å²) in [5, 5.41) is 6.16. The molecule has 2 N–H and O–H groups in total. The molecule has 0 aromatic heterocycles. The molecule has 0 radical (unpaired) electrons. The van der Waals surface area contributed by atoms with Crippen molar-refractivity contribution in [2.24, 2.45) is 5.92 Å². The molecule has 0 heterocycles.